The number of alkyl halides is 2. The molecule has 0 bridgehead atoms. The van der Waals surface area contributed by atoms with Gasteiger partial charge in [-0.1, -0.05) is 6.58 Å². The highest BCUT2D eigenvalue weighted by atomic mass is 19.3. The van der Waals surface area contributed by atoms with E-state index in [9.17, 15) is 8.78 Å². The highest BCUT2D eigenvalue weighted by Crippen LogP contribution is 2.16. The lowest BCUT2D eigenvalue weighted by atomic mass is 10.2. The van der Waals surface area contributed by atoms with E-state index in [0.717, 1.165) is 0 Å². The van der Waals surface area contributed by atoms with Gasteiger partial charge in [0.05, 0.1) is 0 Å². The average Bonchev–Trinajstić information content (AvgIpc) is 2.52. The fourth-order valence-corrected chi connectivity index (χ4v) is 0.933. The van der Waals surface area contributed by atoms with Crippen LogP contribution in [0.3, 0.4) is 0 Å². The minimum atomic E-state index is -2.76. The van der Waals surface area contributed by atoms with E-state index in [1.54, 1.807) is 0 Å². The van der Waals surface area contributed by atoms with Crippen LogP contribution in [0.1, 0.15) is 5.56 Å². The van der Waals surface area contributed by atoms with E-state index in [0.29, 0.717) is 5.82 Å². The van der Waals surface area contributed by atoms with Crippen LogP contribution in [-0.2, 0) is 0 Å². The van der Waals surface area contributed by atoms with E-state index < -0.39 is 12.1 Å². The summed E-state index contributed by atoms with van der Waals surface area (Å²) in [5, 5.41) is 9.70. The summed E-state index contributed by atoms with van der Waals surface area (Å²) in [4.78, 5) is 2.69. The summed E-state index contributed by atoms with van der Waals surface area (Å²) >= 11 is 0. The lowest BCUT2D eigenvalue weighted by Gasteiger charge is -2.03. The van der Waals surface area contributed by atoms with Crippen molar-refractivity contribution in [2.45, 2.75) is 6.43 Å². The van der Waals surface area contributed by atoms with E-state index in [1.807, 2.05) is 0 Å². The lowest BCUT2D eigenvalue weighted by Crippen LogP contribution is -2.11. The van der Waals surface area contributed by atoms with Crippen molar-refractivity contribution >= 4 is 11.5 Å². The molecule has 1 heterocycles. The second-order valence-corrected chi connectivity index (χ2v) is 2.33. The lowest BCUT2D eigenvalue weighted by molar-refractivity contribution is 0.225. The molecule has 70 valence electrons. The number of aromatic nitrogens is 1. The van der Waals surface area contributed by atoms with Gasteiger partial charge in [0, 0.05) is 11.8 Å². The van der Waals surface area contributed by atoms with Crippen LogP contribution in [-0.4, -0.2) is 17.1 Å². The number of anilines is 1. The van der Waals surface area contributed by atoms with Crippen molar-refractivity contribution < 1.29 is 8.78 Å². The zero-order valence-electron chi connectivity index (χ0n) is 6.77. The standard InChI is InChI=1S/C8H9F2N3/c1-2-12-8-5(3-4-13-8)6(11)7(9)10/h2-4,7,11-13H,1H2. The molecule has 5 heteroatoms. The van der Waals surface area contributed by atoms with Crippen LogP contribution < -0.4 is 5.32 Å². The number of hydrogen-bond donors (Lipinski definition) is 3. The zero-order valence-corrected chi connectivity index (χ0v) is 6.77. The summed E-state index contributed by atoms with van der Waals surface area (Å²) in [5.41, 5.74) is -0.541. The van der Waals surface area contributed by atoms with Crippen LogP contribution >= 0.6 is 0 Å². The Morgan fingerprint density at radius 3 is 2.92 bits per heavy atom. The predicted octanol–water partition coefficient (Wildman–Crippen LogP) is 2.20. The molecule has 0 aliphatic rings. The van der Waals surface area contributed by atoms with Crippen LogP contribution in [0.4, 0.5) is 14.6 Å². The zero-order chi connectivity index (χ0) is 9.84. The third-order valence-electron chi connectivity index (χ3n) is 1.50. The summed E-state index contributed by atoms with van der Waals surface area (Å²) in [6, 6.07) is 1.42. The Morgan fingerprint density at radius 1 is 1.69 bits per heavy atom. The topological polar surface area (TPSA) is 51.7 Å². The summed E-state index contributed by atoms with van der Waals surface area (Å²) in [7, 11) is 0. The second kappa shape index (κ2) is 3.84. The molecule has 3 N–H and O–H groups in total. The number of hydrogen-bond acceptors (Lipinski definition) is 2. The van der Waals surface area contributed by atoms with Gasteiger partial charge < -0.3 is 10.3 Å². The molecule has 0 fully saturated rings. The Labute approximate surface area is 74.0 Å². The second-order valence-electron chi connectivity index (χ2n) is 2.33. The van der Waals surface area contributed by atoms with Crippen molar-refractivity contribution in [3.8, 4) is 0 Å². The molecule has 1 aromatic rings. The van der Waals surface area contributed by atoms with Crippen molar-refractivity contribution in [2.24, 2.45) is 0 Å². The molecule has 0 atom stereocenters. The highest BCUT2D eigenvalue weighted by molar-refractivity contribution is 6.04. The smallest absolute Gasteiger partial charge is 0.280 e. The predicted molar refractivity (Wildman–Crippen MR) is 47.4 cm³/mol. The minimum Gasteiger partial charge on any atom is -0.348 e. The van der Waals surface area contributed by atoms with Gasteiger partial charge in [0.1, 0.15) is 11.5 Å². The van der Waals surface area contributed by atoms with Crippen molar-refractivity contribution in [2.75, 3.05) is 5.32 Å². The quantitative estimate of drug-likeness (QED) is 0.619. The molecule has 0 aliphatic heterocycles. The first-order chi connectivity index (χ1) is 6.16. The van der Waals surface area contributed by atoms with Crippen molar-refractivity contribution in [3.05, 3.63) is 30.6 Å². The van der Waals surface area contributed by atoms with Gasteiger partial charge in [-0.25, -0.2) is 8.78 Å². The highest BCUT2D eigenvalue weighted by Gasteiger charge is 2.16. The third kappa shape index (κ3) is 1.93. The monoisotopic (exact) mass is 185 g/mol. The maximum absolute atomic E-state index is 12.1. The maximum Gasteiger partial charge on any atom is 0.280 e. The van der Waals surface area contributed by atoms with E-state index in [1.165, 1.54) is 18.5 Å². The Kier molecular flexibility index (Phi) is 2.79. The van der Waals surface area contributed by atoms with Gasteiger partial charge in [-0.3, -0.25) is 5.41 Å². The van der Waals surface area contributed by atoms with Gasteiger partial charge in [0.2, 0.25) is 0 Å². The van der Waals surface area contributed by atoms with E-state index in [2.05, 4.69) is 16.9 Å². The number of halogens is 2. The van der Waals surface area contributed by atoms with Crippen LogP contribution in [0.15, 0.2) is 25.0 Å². The number of H-pyrrole nitrogens is 1. The Morgan fingerprint density at radius 2 is 2.38 bits per heavy atom. The molecule has 0 saturated heterocycles. The Hall–Kier alpha value is -1.65. The molecule has 0 aliphatic carbocycles. The summed E-state index contributed by atoms with van der Waals surface area (Å²) in [6.45, 7) is 3.39. The first-order valence-corrected chi connectivity index (χ1v) is 3.58. The van der Waals surface area contributed by atoms with Crippen molar-refractivity contribution in [1.82, 2.24) is 4.98 Å². The number of aromatic amines is 1. The summed E-state index contributed by atoms with van der Waals surface area (Å²) in [5.74, 6) is 0.361. The number of rotatable bonds is 4. The normalized spacial score (nSPS) is 10.1. The van der Waals surface area contributed by atoms with Crippen molar-refractivity contribution in [3.63, 3.8) is 0 Å². The van der Waals surface area contributed by atoms with Gasteiger partial charge in [0.25, 0.3) is 6.43 Å². The molecule has 3 nitrogen and oxygen atoms in total. The van der Waals surface area contributed by atoms with Crippen molar-refractivity contribution in [1.29, 1.82) is 5.41 Å². The van der Waals surface area contributed by atoms with Gasteiger partial charge in [-0.2, -0.15) is 0 Å². The van der Waals surface area contributed by atoms with Crippen LogP contribution in [0, 0.1) is 5.41 Å². The van der Waals surface area contributed by atoms with Gasteiger partial charge >= 0.3 is 0 Å². The minimum absolute atomic E-state index is 0.162. The van der Waals surface area contributed by atoms with Gasteiger partial charge in [-0.05, 0) is 12.3 Å². The molecule has 0 radical (unpaired) electrons. The molecule has 0 saturated carbocycles. The molecule has 0 spiro atoms. The molecule has 1 aromatic heterocycles. The number of nitrogens with one attached hydrogen (secondary N) is 3. The molecule has 0 unspecified atom stereocenters. The van der Waals surface area contributed by atoms with E-state index >= 15 is 0 Å². The maximum atomic E-state index is 12.1. The summed E-state index contributed by atoms with van der Waals surface area (Å²) < 4.78 is 24.2. The fraction of sp³-hybridized carbons (Fsp3) is 0.125. The third-order valence-corrected chi connectivity index (χ3v) is 1.50. The SMILES string of the molecule is C=CNc1[nH]ccc1C(=N)C(F)F. The molecule has 0 amide bonds. The van der Waals surface area contributed by atoms with E-state index in [4.69, 9.17) is 5.41 Å². The fourth-order valence-electron chi connectivity index (χ4n) is 0.933. The van der Waals surface area contributed by atoms with Gasteiger partial charge in [0.15, 0.2) is 0 Å². The average molecular weight is 185 g/mol. The largest absolute Gasteiger partial charge is 0.348 e. The molecular formula is C8H9F2N3. The van der Waals surface area contributed by atoms with E-state index in [-0.39, 0.29) is 5.56 Å². The first kappa shape index (κ1) is 9.44. The summed E-state index contributed by atoms with van der Waals surface area (Å²) in [6.07, 6.45) is 0.0766. The Balaban J connectivity index is 2.93. The van der Waals surface area contributed by atoms with Gasteiger partial charge in [-0.15, -0.1) is 0 Å². The Bertz CT molecular complexity index is 317. The molecule has 13 heavy (non-hydrogen) atoms. The molecule has 1 rings (SSSR count). The van der Waals surface area contributed by atoms with Crippen LogP contribution in [0.5, 0.6) is 0 Å². The first-order valence-electron chi connectivity index (χ1n) is 3.58. The molecule has 0 aromatic carbocycles. The molecular weight excluding hydrogens is 176 g/mol. The van der Waals surface area contributed by atoms with Crippen LogP contribution in [0.25, 0.3) is 0 Å². The van der Waals surface area contributed by atoms with Crippen LogP contribution in [0.2, 0.25) is 0 Å².